The molecule has 1 aliphatic carbocycles. The van der Waals surface area contributed by atoms with Crippen molar-refractivity contribution in [1.29, 1.82) is 0 Å². The Balaban J connectivity index is 1.89. The van der Waals surface area contributed by atoms with Crippen LogP contribution in [0.3, 0.4) is 0 Å². The third-order valence-corrected chi connectivity index (χ3v) is 6.59. The lowest BCUT2D eigenvalue weighted by molar-refractivity contribution is -0.140. The summed E-state index contributed by atoms with van der Waals surface area (Å²) in [5.74, 6) is -1.21. The largest absolute Gasteiger partial charge is 0.462 e. The Kier molecular flexibility index (Phi) is 4.85. The van der Waals surface area contributed by atoms with Crippen LogP contribution in [0.2, 0.25) is 0 Å². The van der Waals surface area contributed by atoms with Gasteiger partial charge in [-0.15, -0.1) is 0 Å². The maximum absolute atomic E-state index is 13.7. The molecule has 33 heavy (non-hydrogen) atoms. The highest BCUT2D eigenvalue weighted by molar-refractivity contribution is 6.23. The lowest BCUT2D eigenvalue weighted by Gasteiger charge is -2.44. The number of Topliss-reactive ketones (excluding diaryl/α,β-unsaturated/α-hetero) is 1. The number of hydrogen-bond acceptors (Lipinski definition) is 6. The zero-order valence-corrected chi connectivity index (χ0v) is 18.6. The van der Waals surface area contributed by atoms with Gasteiger partial charge in [0.25, 0.3) is 0 Å². The molecule has 1 amide bonds. The van der Waals surface area contributed by atoms with E-state index in [-0.39, 0.29) is 23.8 Å². The number of aryl methyl sites for hydroxylation is 1. The summed E-state index contributed by atoms with van der Waals surface area (Å²) >= 11 is 0. The number of ketones is 1. The van der Waals surface area contributed by atoms with E-state index in [2.05, 4.69) is 5.32 Å². The molecule has 168 valence electrons. The molecule has 3 aliphatic rings. The quantitative estimate of drug-likeness (QED) is 0.705. The number of nitrogens with two attached hydrogens (primary N) is 1. The van der Waals surface area contributed by atoms with E-state index in [4.69, 9.17) is 10.5 Å². The summed E-state index contributed by atoms with van der Waals surface area (Å²) in [4.78, 5) is 42.5. The average Bonchev–Trinajstić information content (AvgIpc) is 3.07. The number of ether oxygens (including phenoxy) is 1. The molecule has 0 radical (unpaired) electrons. The summed E-state index contributed by atoms with van der Waals surface area (Å²) in [7, 11) is 0. The molecule has 0 fully saturated rings. The molecular weight excluding hydrogens is 418 g/mol. The van der Waals surface area contributed by atoms with Crippen molar-refractivity contribution in [3.63, 3.8) is 0 Å². The molecule has 5 rings (SSSR count). The van der Waals surface area contributed by atoms with Crippen molar-refractivity contribution in [3.05, 3.63) is 82.3 Å². The van der Waals surface area contributed by atoms with Gasteiger partial charge in [-0.05, 0) is 44.9 Å². The van der Waals surface area contributed by atoms with E-state index < -0.39 is 17.3 Å². The van der Waals surface area contributed by atoms with Crippen LogP contribution in [-0.2, 0) is 24.5 Å². The molecule has 0 saturated heterocycles. The van der Waals surface area contributed by atoms with Crippen molar-refractivity contribution in [2.75, 3.05) is 16.8 Å². The Morgan fingerprint density at radius 3 is 2.58 bits per heavy atom. The summed E-state index contributed by atoms with van der Waals surface area (Å²) in [6.45, 7) is 3.78. The molecule has 2 aromatic carbocycles. The van der Waals surface area contributed by atoms with E-state index in [1.165, 1.54) is 0 Å². The van der Waals surface area contributed by atoms with Crippen LogP contribution in [0.25, 0.3) is 0 Å². The summed E-state index contributed by atoms with van der Waals surface area (Å²) in [5, 5.41) is 2.88. The number of esters is 1. The minimum absolute atomic E-state index is 0.0126. The number of fused-ring (bicyclic) bond motifs is 3. The SMILES string of the molecule is CCOC(=O)C1=C(N)N(c2ccc(C)cc2)C2=C(C(=O)CCC2)C12C(=O)Nc1ccccc12. The van der Waals surface area contributed by atoms with Crippen molar-refractivity contribution >= 4 is 29.0 Å². The normalized spacial score (nSPS) is 21.8. The fourth-order valence-electron chi connectivity index (χ4n) is 5.25. The van der Waals surface area contributed by atoms with E-state index in [0.717, 1.165) is 11.3 Å². The zero-order chi connectivity index (χ0) is 23.3. The van der Waals surface area contributed by atoms with Crippen LogP contribution in [0, 0.1) is 6.92 Å². The maximum atomic E-state index is 13.7. The predicted molar refractivity (Wildman–Crippen MR) is 124 cm³/mol. The van der Waals surface area contributed by atoms with Gasteiger partial charge in [-0.25, -0.2) is 4.79 Å². The number of rotatable bonds is 3. The second-order valence-corrected chi connectivity index (χ2v) is 8.50. The fourth-order valence-corrected chi connectivity index (χ4v) is 5.25. The van der Waals surface area contributed by atoms with E-state index >= 15 is 0 Å². The van der Waals surface area contributed by atoms with Gasteiger partial charge in [0.05, 0.1) is 6.61 Å². The van der Waals surface area contributed by atoms with Crippen LogP contribution in [0.5, 0.6) is 0 Å². The van der Waals surface area contributed by atoms with Crippen LogP contribution in [0.1, 0.15) is 37.3 Å². The van der Waals surface area contributed by atoms with Crippen LogP contribution in [0.4, 0.5) is 11.4 Å². The second-order valence-electron chi connectivity index (χ2n) is 8.50. The highest BCUT2D eigenvalue weighted by atomic mass is 16.5. The number of carbonyl (C=O) groups is 3. The Bertz CT molecular complexity index is 1260. The van der Waals surface area contributed by atoms with Gasteiger partial charge < -0.3 is 15.8 Å². The van der Waals surface area contributed by atoms with Crippen molar-refractivity contribution < 1.29 is 19.1 Å². The first-order valence-electron chi connectivity index (χ1n) is 11.1. The van der Waals surface area contributed by atoms with Crippen LogP contribution in [0.15, 0.2) is 71.2 Å². The molecule has 1 atom stereocenters. The molecule has 0 aromatic heterocycles. The smallest absolute Gasteiger partial charge is 0.339 e. The molecule has 7 heteroatoms. The van der Waals surface area contributed by atoms with Gasteiger partial charge >= 0.3 is 5.97 Å². The van der Waals surface area contributed by atoms with E-state index in [1.807, 2.05) is 31.2 Å². The fraction of sp³-hybridized carbons (Fsp3) is 0.269. The van der Waals surface area contributed by atoms with E-state index in [9.17, 15) is 14.4 Å². The minimum Gasteiger partial charge on any atom is -0.462 e. The Morgan fingerprint density at radius 1 is 1.12 bits per heavy atom. The molecule has 2 aromatic rings. The molecule has 0 bridgehead atoms. The number of benzene rings is 2. The number of amides is 1. The first-order valence-corrected chi connectivity index (χ1v) is 11.1. The standard InChI is InChI=1S/C26H25N3O4/c1-3-33-24(31)22-23(27)29(16-13-11-15(2)12-14-16)19-9-6-10-20(30)21(19)26(22)17-7-4-5-8-18(17)28-25(26)32/h4-5,7-8,11-14H,3,6,9-10,27H2,1-2H3,(H,28,32). The monoisotopic (exact) mass is 443 g/mol. The molecule has 0 saturated carbocycles. The number of nitrogens with one attached hydrogen (secondary N) is 1. The highest BCUT2D eigenvalue weighted by Crippen LogP contribution is 2.55. The summed E-state index contributed by atoms with van der Waals surface area (Å²) in [5.41, 5.74) is 8.96. The second kappa shape index (κ2) is 7.62. The Hall–Kier alpha value is -3.87. The first kappa shape index (κ1) is 21.0. The first-order chi connectivity index (χ1) is 15.9. The Labute approximate surface area is 191 Å². The molecule has 1 unspecified atom stereocenters. The predicted octanol–water partition coefficient (Wildman–Crippen LogP) is 3.45. The van der Waals surface area contributed by atoms with Crippen LogP contribution in [-0.4, -0.2) is 24.3 Å². The van der Waals surface area contributed by atoms with Crippen molar-refractivity contribution in [2.24, 2.45) is 5.73 Å². The molecular formula is C26H25N3O4. The lowest BCUT2D eigenvalue weighted by atomic mass is 9.63. The van der Waals surface area contributed by atoms with Gasteiger partial charge in [0.2, 0.25) is 5.91 Å². The minimum atomic E-state index is -1.64. The van der Waals surface area contributed by atoms with Crippen molar-refractivity contribution in [1.82, 2.24) is 0 Å². The topological polar surface area (TPSA) is 102 Å². The number of para-hydroxylation sites is 1. The van der Waals surface area contributed by atoms with Crippen LogP contribution >= 0.6 is 0 Å². The number of carbonyl (C=O) groups excluding carboxylic acids is 3. The Morgan fingerprint density at radius 2 is 1.85 bits per heavy atom. The van der Waals surface area contributed by atoms with Crippen LogP contribution < -0.4 is 16.0 Å². The van der Waals surface area contributed by atoms with Gasteiger partial charge in [-0.3, -0.25) is 14.5 Å². The van der Waals surface area contributed by atoms with E-state index in [1.54, 1.807) is 36.1 Å². The zero-order valence-electron chi connectivity index (χ0n) is 18.6. The number of anilines is 2. The third kappa shape index (κ3) is 2.85. The number of nitrogens with zero attached hydrogens (tertiary/aromatic N) is 1. The van der Waals surface area contributed by atoms with Crippen molar-refractivity contribution in [2.45, 2.75) is 38.5 Å². The molecule has 3 N–H and O–H groups in total. The van der Waals surface area contributed by atoms with Gasteiger partial charge in [0, 0.05) is 34.6 Å². The molecule has 2 aliphatic heterocycles. The van der Waals surface area contributed by atoms with E-state index in [0.29, 0.717) is 41.8 Å². The number of hydrogen-bond donors (Lipinski definition) is 2. The third-order valence-electron chi connectivity index (χ3n) is 6.59. The van der Waals surface area contributed by atoms with Gasteiger partial charge in [0.15, 0.2) is 5.78 Å². The molecule has 1 spiro atoms. The summed E-state index contributed by atoms with van der Waals surface area (Å²) in [6, 6.07) is 14.8. The summed E-state index contributed by atoms with van der Waals surface area (Å²) in [6.07, 6.45) is 1.50. The van der Waals surface area contributed by atoms with Gasteiger partial charge in [0.1, 0.15) is 16.8 Å². The molecule has 2 heterocycles. The highest BCUT2D eigenvalue weighted by Gasteiger charge is 2.61. The summed E-state index contributed by atoms with van der Waals surface area (Å²) < 4.78 is 5.40. The maximum Gasteiger partial charge on any atom is 0.339 e. The lowest BCUT2D eigenvalue weighted by Crippen LogP contribution is -2.53. The molecule has 7 nitrogen and oxygen atoms in total. The van der Waals surface area contributed by atoms with Crippen molar-refractivity contribution in [3.8, 4) is 0 Å². The van der Waals surface area contributed by atoms with Gasteiger partial charge in [-0.1, -0.05) is 35.9 Å². The number of allylic oxidation sites excluding steroid dienone is 1. The average molecular weight is 444 g/mol. The van der Waals surface area contributed by atoms with Gasteiger partial charge in [-0.2, -0.15) is 0 Å².